The van der Waals surface area contributed by atoms with Gasteiger partial charge in [-0.1, -0.05) is 137 Å². The normalized spacial score (nSPS) is 14.1. The molecule has 0 bridgehead atoms. The van der Waals surface area contributed by atoms with Crippen LogP contribution in [0.1, 0.15) is 39.7 Å². The molecule has 184 valence electrons. The Morgan fingerprint density at radius 3 is 1.80 bits per heavy atom. The zero-order valence-corrected chi connectivity index (χ0v) is 22.7. The summed E-state index contributed by atoms with van der Waals surface area (Å²) in [5.41, 5.74) is 1.18. The van der Waals surface area contributed by atoms with Crippen molar-refractivity contribution in [3.05, 3.63) is 121 Å². The monoisotopic (exact) mass is 484 g/mol. The fourth-order valence-corrected chi connectivity index (χ4v) is 9.20. The van der Waals surface area contributed by atoms with Gasteiger partial charge in [-0.15, -0.1) is 6.58 Å². The third-order valence-electron chi connectivity index (χ3n) is 6.34. The molecule has 35 heavy (non-hydrogen) atoms. The molecule has 0 spiro atoms. The van der Waals surface area contributed by atoms with Gasteiger partial charge < -0.3 is 9.16 Å². The molecule has 0 unspecified atom stereocenters. The molecular formula is C32H40O2Si. The van der Waals surface area contributed by atoms with Gasteiger partial charge in [-0.25, -0.2) is 0 Å². The zero-order valence-electron chi connectivity index (χ0n) is 21.7. The van der Waals surface area contributed by atoms with Crippen LogP contribution in [0.25, 0.3) is 0 Å². The largest absolute Gasteiger partial charge is 0.407 e. The van der Waals surface area contributed by atoms with Crippen LogP contribution in [0.2, 0.25) is 5.04 Å². The third-order valence-corrected chi connectivity index (χ3v) is 11.3. The van der Waals surface area contributed by atoms with Gasteiger partial charge in [0.15, 0.2) is 0 Å². The van der Waals surface area contributed by atoms with E-state index in [1.165, 1.54) is 15.9 Å². The van der Waals surface area contributed by atoms with Crippen molar-refractivity contribution >= 4 is 18.7 Å². The molecule has 0 aromatic heterocycles. The van der Waals surface area contributed by atoms with Crippen molar-refractivity contribution in [2.75, 3.05) is 6.61 Å². The molecule has 0 aliphatic heterocycles. The van der Waals surface area contributed by atoms with E-state index in [1.54, 1.807) is 0 Å². The Balaban J connectivity index is 1.77. The van der Waals surface area contributed by atoms with Crippen molar-refractivity contribution in [1.82, 2.24) is 0 Å². The number of hydrogen-bond donors (Lipinski definition) is 0. The SMILES string of the molecule is C=CC[C@@H](/C=C/[C@H](C)CO[Si](c1ccccc1)(c1ccccc1)C(C)(C)C)OCc1ccccc1. The summed E-state index contributed by atoms with van der Waals surface area (Å²) in [5, 5.41) is 2.60. The molecule has 0 aliphatic carbocycles. The van der Waals surface area contributed by atoms with Crippen molar-refractivity contribution < 1.29 is 9.16 Å². The van der Waals surface area contributed by atoms with E-state index in [2.05, 4.69) is 119 Å². The summed E-state index contributed by atoms with van der Waals surface area (Å²) in [5.74, 6) is 0.254. The molecule has 3 rings (SSSR count). The summed E-state index contributed by atoms with van der Waals surface area (Å²) < 4.78 is 13.2. The Morgan fingerprint density at radius 2 is 1.31 bits per heavy atom. The van der Waals surface area contributed by atoms with Crippen LogP contribution in [0, 0.1) is 5.92 Å². The second-order valence-electron chi connectivity index (χ2n) is 10.2. The van der Waals surface area contributed by atoms with E-state index in [0.29, 0.717) is 13.2 Å². The summed E-state index contributed by atoms with van der Waals surface area (Å²) in [7, 11) is -2.52. The van der Waals surface area contributed by atoms with Crippen molar-refractivity contribution in [2.24, 2.45) is 5.92 Å². The highest BCUT2D eigenvalue weighted by atomic mass is 28.4. The maximum absolute atomic E-state index is 7.08. The summed E-state index contributed by atoms with van der Waals surface area (Å²) in [6.07, 6.45) is 7.11. The topological polar surface area (TPSA) is 18.5 Å². The number of rotatable bonds is 12. The lowest BCUT2D eigenvalue weighted by Gasteiger charge is -2.43. The molecule has 0 aliphatic rings. The van der Waals surface area contributed by atoms with Crippen molar-refractivity contribution in [2.45, 2.75) is 51.9 Å². The van der Waals surface area contributed by atoms with E-state index in [0.717, 1.165) is 6.42 Å². The van der Waals surface area contributed by atoms with E-state index in [9.17, 15) is 0 Å². The minimum Gasteiger partial charge on any atom is -0.407 e. The number of hydrogen-bond acceptors (Lipinski definition) is 2. The third kappa shape index (κ3) is 7.14. The lowest BCUT2D eigenvalue weighted by molar-refractivity contribution is 0.0735. The highest BCUT2D eigenvalue weighted by Gasteiger charge is 2.50. The highest BCUT2D eigenvalue weighted by molar-refractivity contribution is 6.99. The van der Waals surface area contributed by atoms with Gasteiger partial charge >= 0.3 is 0 Å². The minimum absolute atomic E-state index is 0.00280. The molecule has 0 amide bonds. The van der Waals surface area contributed by atoms with E-state index in [1.807, 2.05) is 24.3 Å². The van der Waals surface area contributed by atoms with Gasteiger partial charge in [0.25, 0.3) is 8.32 Å². The molecule has 0 saturated carbocycles. The molecule has 3 heteroatoms. The maximum atomic E-state index is 7.08. The first kappa shape index (κ1) is 26.9. The average Bonchev–Trinajstić information content (AvgIpc) is 2.87. The number of benzene rings is 3. The smallest absolute Gasteiger partial charge is 0.261 e. The minimum atomic E-state index is -2.52. The van der Waals surface area contributed by atoms with Gasteiger partial charge in [0.1, 0.15) is 0 Å². The standard InChI is InChI=1S/C32H40O2Si/c1-6-16-29(33-26-28-17-10-7-11-18-28)24-23-27(2)25-34-35(32(3,4)5,30-19-12-8-13-20-30)31-21-14-9-15-22-31/h6-15,17-24,27,29H,1,16,25-26H2,2-5H3/b24-23+/t27-,29-/m0/s1. The van der Waals surface area contributed by atoms with Gasteiger partial charge in [-0.2, -0.15) is 0 Å². The Labute approximate surface area is 213 Å². The molecule has 0 saturated heterocycles. The fraction of sp³-hybridized carbons (Fsp3) is 0.312. The van der Waals surface area contributed by atoms with Crippen LogP contribution in [0.4, 0.5) is 0 Å². The zero-order chi connectivity index (χ0) is 25.2. The first-order chi connectivity index (χ1) is 16.9. The van der Waals surface area contributed by atoms with Gasteiger partial charge in [-0.05, 0) is 33.3 Å². The summed E-state index contributed by atoms with van der Waals surface area (Å²) in [6.45, 7) is 14.3. The van der Waals surface area contributed by atoms with Crippen LogP contribution in [-0.4, -0.2) is 21.0 Å². The van der Waals surface area contributed by atoms with Crippen LogP contribution in [-0.2, 0) is 15.8 Å². The molecule has 0 radical (unpaired) electrons. The van der Waals surface area contributed by atoms with Crippen LogP contribution in [0.5, 0.6) is 0 Å². The van der Waals surface area contributed by atoms with Crippen molar-refractivity contribution in [3.8, 4) is 0 Å². The molecule has 0 N–H and O–H groups in total. The van der Waals surface area contributed by atoms with Gasteiger partial charge in [0.05, 0.1) is 12.7 Å². The molecule has 2 atom stereocenters. The number of ether oxygens (including phenoxy) is 1. The van der Waals surface area contributed by atoms with Crippen LogP contribution in [0.3, 0.4) is 0 Å². The molecule has 3 aromatic rings. The Morgan fingerprint density at radius 1 is 0.800 bits per heavy atom. The molecule has 3 aromatic carbocycles. The van der Waals surface area contributed by atoms with Gasteiger partial charge in [-0.3, -0.25) is 0 Å². The lowest BCUT2D eigenvalue weighted by Crippen LogP contribution is -2.66. The predicted molar refractivity (Wildman–Crippen MR) is 152 cm³/mol. The van der Waals surface area contributed by atoms with E-state index >= 15 is 0 Å². The highest BCUT2D eigenvalue weighted by Crippen LogP contribution is 2.37. The summed E-state index contributed by atoms with van der Waals surface area (Å²) >= 11 is 0. The predicted octanol–water partition coefficient (Wildman–Crippen LogP) is 6.92. The van der Waals surface area contributed by atoms with E-state index < -0.39 is 8.32 Å². The summed E-state index contributed by atoms with van der Waals surface area (Å²) in [4.78, 5) is 0. The fourth-order valence-electron chi connectivity index (χ4n) is 4.53. The first-order valence-electron chi connectivity index (χ1n) is 12.6. The molecule has 0 fully saturated rings. The maximum Gasteiger partial charge on any atom is 0.261 e. The van der Waals surface area contributed by atoms with Crippen LogP contribution in [0.15, 0.2) is 116 Å². The Kier molecular flexibility index (Phi) is 9.85. The quantitative estimate of drug-likeness (QED) is 0.205. The Bertz CT molecular complexity index is 1000. The lowest BCUT2D eigenvalue weighted by atomic mass is 10.1. The van der Waals surface area contributed by atoms with Crippen LogP contribution < -0.4 is 10.4 Å². The van der Waals surface area contributed by atoms with Gasteiger partial charge in [0, 0.05) is 6.61 Å². The summed E-state index contributed by atoms with van der Waals surface area (Å²) in [6, 6.07) is 31.9. The van der Waals surface area contributed by atoms with E-state index in [4.69, 9.17) is 9.16 Å². The molecular weight excluding hydrogens is 444 g/mol. The molecule has 2 nitrogen and oxygen atoms in total. The average molecular weight is 485 g/mol. The van der Waals surface area contributed by atoms with E-state index in [-0.39, 0.29) is 17.1 Å². The van der Waals surface area contributed by atoms with Crippen LogP contribution >= 0.6 is 0 Å². The first-order valence-corrected chi connectivity index (χ1v) is 14.5. The molecule has 0 heterocycles. The Hall–Kier alpha value is -2.72. The van der Waals surface area contributed by atoms with Crippen molar-refractivity contribution in [1.29, 1.82) is 0 Å². The van der Waals surface area contributed by atoms with Crippen molar-refractivity contribution in [3.63, 3.8) is 0 Å². The van der Waals surface area contributed by atoms with Gasteiger partial charge in [0.2, 0.25) is 0 Å². The second kappa shape index (κ2) is 12.8. The second-order valence-corrected chi connectivity index (χ2v) is 14.5.